The van der Waals surface area contributed by atoms with Crippen LogP contribution in [0.2, 0.25) is 0 Å². The van der Waals surface area contributed by atoms with Crippen LogP contribution in [0.15, 0.2) is 71.9 Å². The van der Waals surface area contributed by atoms with E-state index in [9.17, 15) is 18.8 Å². The summed E-state index contributed by atoms with van der Waals surface area (Å²) in [5.74, 6) is -1.14. The predicted molar refractivity (Wildman–Crippen MR) is 143 cm³/mol. The van der Waals surface area contributed by atoms with Crippen LogP contribution in [0.4, 0.5) is 10.1 Å². The number of hydrogen-bond acceptors (Lipinski definition) is 5. The lowest BCUT2D eigenvalue weighted by molar-refractivity contribution is -0.140. The molecule has 8 nitrogen and oxygen atoms in total. The van der Waals surface area contributed by atoms with Gasteiger partial charge in [0.2, 0.25) is 0 Å². The fourth-order valence-electron chi connectivity index (χ4n) is 6.03. The van der Waals surface area contributed by atoms with Gasteiger partial charge in [-0.1, -0.05) is 24.3 Å². The molecule has 1 aromatic heterocycles. The van der Waals surface area contributed by atoms with Crippen molar-refractivity contribution in [3.8, 4) is 11.4 Å². The predicted octanol–water partition coefficient (Wildman–Crippen LogP) is 4.39. The number of benzene rings is 2. The van der Waals surface area contributed by atoms with Crippen LogP contribution in [-0.2, 0) is 14.4 Å². The zero-order valence-electron chi connectivity index (χ0n) is 21.5. The van der Waals surface area contributed by atoms with Gasteiger partial charge < -0.3 is 14.6 Å². The molecule has 4 atom stereocenters. The number of allylic oxidation sites excluding steroid dienone is 2. The van der Waals surface area contributed by atoms with Gasteiger partial charge in [-0.05, 0) is 74.6 Å². The van der Waals surface area contributed by atoms with Crippen molar-refractivity contribution < 1.29 is 23.5 Å². The van der Waals surface area contributed by atoms with E-state index in [0.29, 0.717) is 5.75 Å². The third-order valence-corrected chi connectivity index (χ3v) is 7.84. The minimum absolute atomic E-state index is 0.102. The van der Waals surface area contributed by atoms with Crippen LogP contribution < -0.4 is 10.1 Å². The molecule has 3 aliphatic rings. The molecule has 1 saturated heterocycles. The molecule has 0 spiro atoms. The zero-order chi connectivity index (χ0) is 27.3. The maximum Gasteiger partial charge on any atom is 0.262 e. The highest BCUT2D eigenvalue weighted by molar-refractivity contribution is 6.06. The summed E-state index contributed by atoms with van der Waals surface area (Å²) in [7, 11) is 0. The quantitative estimate of drug-likeness (QED) is 0.281. The summed E-state index contributed by atoms with van der Waals surface area (Å²) in [6.07, 6.45) is 6.59. The van der Waals surface area contributed by atoms with Crippen LogP contribution in [0.1, 0.15) is 23.4 Å². The fraction of sp³-hybridized carbons (Fsp3) is 0.267. The van der Waals surface area contributed by atoms with E-state index in [1.807, 2.05) is 36.6 Å². The second kappa shape index (κ2) is 9.65. The average molecular weight is 527 g/mol. The van der Waals surface area contributed by atoms with Gasteiger partial charge in [0.15, 0.2) is 6.61 Å². The minimum Gasteiger partial charge on any atom is -0.484 e. The van der Waals surface area contributed by atoms with Crippen molar-refractivity contribution in [2.24, 2.45) is 28.8 Å². The number of ether oxygens (including phenoxy) is 1. The summed E-state index contributed by atoms with van der Waals surface area (Å²) < 4.78 is 21.3. The van der Waals surface area contributed by atoms with Gasteiger partial charge in [-0.3, -0.25) is 14.4 Å². The number of hydrazone groups is 1. The average Bonchev–Trinajstić information content (AvgIpc) is 3.67. The zero-order valence-corrected chi connectivity index (χ0v) is 21.5. The highest BCUT2D eigenvalue weighted by Gasteiger charge is 2.59. The summed E-state index contributed by atoms with van der Waals surface area (Å²) in [5, 5.41) is 7.87. The molecule has 1 aliphatic heterocycles. The summed E-state index contributed by atoms with van der Waals surface area (Å²) in [4.78, 5) is 38.0. The van der Waals surface area contributed by atoms with Crippen molar-refractivity contribution >= 4 is 29.6 Å². The number of nitrogens with one attached hydrogen (secondary N) is 1. The normalized spacial score (nSPS) is 23.2. The van der Waals surface area contributed by atoms with Gasteiger partial charge in [-0.2, -0.15) is 10.1 Å². The summed E-state index contributed by atoms with van der Waals surface area (Å²) >= 11 is 0. The number of aryl methyl sites for hydroxylation is 1. The third-order valence-electron chi connectivity index (χ3n) is 7.84. The van der Waals surface area contributed by atoms with Gasteiger partial charge in [0, 0.05) is 22.6 Å². The molecule has 198 valence electrons. The Morgan fingerprint density at radius 3 is 2.38 bits per heavy atom. The lowest BCUT2D eigenvalue weighted by atomic mass is 9.85. The topological polar surface area (TPSA) is 93.0 Å². The molecule has 3 aromatic rings. The lowest BCUT2D eigenvalue weighted by Crippen LogP contribution is -2.28. The van der Waals surface area contributed by atoms with Crippen LogP contribution in [0.25, 0.3) is 5.69 Å². The molecule has 3 amide bonds. The van der Waals surface area contributed by atoms with Gasteiger partial charge >= 0.3 is 0 Å². The molecule has 2 heterocycles. The van der Waals surface area contributed by atoms with Crippen molar-refractivity contribution in [3.05, 3.63) is 89.5 Å². The molecule has 39 heavy (non-hydrogen) atoms. The molecule has 9 heteroatoms. The summed E-state index contributed by atoms with van der Waals surface area (Å²) in [6, 6.07) is 15.1. The largest absolute Gasteiger partial charge is 0.484 e. The summed E-state index contributed by atoms with van der Waals surface area (Å²) in [6.45, 7) is 3.64. The number of fused-ring (bicyclic) bond motifs is 5. The molecule has 2 aliphatic carbocycles. The molecule has 1 N–H and O–H groups in total. The third kappa shape index (κ3) is 4.33. The minimum atomic E-state index is -0.512. The highest BCUT2D eigenvalue weighted by Crippen LogP contribution is 2.52. The first kappa shape index (κ1) is 24.8. The van der Waals surface area contributed by atoms with Crippen molar-refractivity contribution in [2.75, 3.05) is 11.9 Å². The van der Waals surface area contributed by atoms with Gasteiger partial charge in [-0.25, -0.2) is 4.39 Å². The van der Waals surface area contributed by atoms with E-state index in [1.165, 1.54) is 12.1 Å². The Bertz CT molecular complexity index is 1510. The Kier molecular flexibility index (Phi) is 6.13. The smallest absolute Gasteiger partial charge is 0.262 e. The number of aromatic nitrogens is 1. The van der Waals surface area contributed by atoms with Crippen LogP contribution in [0, 0.1) is 43.3 Å². The molecule has 0 radical (unpaired) electrons. The van der Waals surface area contributed by atoms with E-state index < -0.39 is 11.7 Å². The van der Waals surface area contributed by atoms with Gasteiger partial charge in [-0.15, -0.1) is 0 Å². The monoisotopic (exact) mass is 526 g/mol. The Morgan fingerprint density at radius 2 is 1.72 bits per heavy atom. The van der Waals surface area contributed by atoms with E-state index in [-0.39, 0.29) is 47.8 Å². The van der Waals surface area contributed by atoms with Crippen LogP contribution >= 0.6 is 0 Å². The second-order valence-corrected chi connectivity index (χ2v) is 10.2. The van der Waals surface area contributed by atoms with Gasteiger partial charge in [0.05, 0.1) is 23.7 Å². The first-order valence-corrected chi connectivity index (χ1v) is 12.9. The molecule has 2 fully saturated rings. The SMILES string of the molecule is Cc1cc(C=NN2C(=O)[C@@H]3[C@H](C2=O)[C@H]2C=C[C@H]3C2)c(C)n1-c1ccc(OCC(=O)Nc2ccccc2F)cc1. The Morgan fingerprint density at radius 1 is 1.05 bits per heavy atom. The highest BCUT2D eigenvalue weighted by atomic mass is 19.1. The van der Waals surface area contributed by atoms with E-state index in [4.69, 9.17) is 4.74 Å². The summed E-state index contributed by atoms with van der Waals surface area (Å²) in [5.41, 5.74) is 3.62. The second-order valence-electron chi connectivity index (χ2n) is 10.2. The van der Waals surface area contributed by atoms with Crippen molar-refractivity contribution in [1.82, 2.24) is 9.58 Å². The fourth-order valence-corrected chi connectivity index (χ4v) is 6.03. The first-order chi connectivity index (χ1) is 18.8. The molecular formula is C30H27FN4O4. The number of amides is 3. The number of anilines is 1. The van der Waals surface area contributed by atoms with Crippen molar-refractivity contribution in [2.45, 2.75) is 20.3 Å². The molecule has 2 aromatic carbocycles. The lowest BCUT2D eigenvalue weighted by Gasteiger charge is -2.13. The molecule has 0 unspecified atom stereocenters. The van der Waals surface area contributed by atoms with Crippen LogP contribution in [0.5, 0.6) is 5.75 Å². The number of para-hydroxylation sites is 1. The van der Waals surface area contributed by atoms with Crippen molar-refractivity contribution in [1.29, 1.82) is 0 Å². The number of halogens is 1. The number of hydrogen-bond donors (Lipinski definition) is 1. The standard InChI is InChI=1S/C30H27FN4O4/c1-17-13-21(15-32-35-29(37)27-19-7-8-20(14-19)28(27)30(35)38)18(2)34(17)22-9-11-23(12-10-22)39-16-26(36)33-25-6-4-3-5-24(25)31/h3-13,15,19-20,27-28H,14,16H2,1-2H3,(H,33,36)/t19-,20-,27-,28+/m0/s1. The Balaban J connectivity index is 1.12. The van der Waals surface area contributed by atoms with E-state index in [1.54, 1.807) is 30.5 Å². The van der Waals surface area contributed by atoms with E-state index in [2.05, 4.69) is 22.6 Å². The molecule has 6 rings (SSSR count). The number of carbonyl (C=O) groups excluding carboxylic acids is 3. The van der Waals surface area contributed by atoms with Crippen molar-refractivity contribution in [3.63, 3.8) is 0 Å². The number of rotatable bonds is 7. The Labute approximate surface area is 224 Å². The number of carbonyl (C=O) groups is 3. The van der Waals surface area contributed by atoms with Crippen LogP contribution in [0.3, 0.4) is 0 Å². The molecule has 2 bridgehead atoms. The van der Waals surface area contributed by atoms with E-state index >= 15 is 0 Å². The van der Waals surface area contributed by atoms with Gasteiger partial charge in [0.1, 0.15) is 11.6 Å². The first-order valence-electron chi connectivity index (χ1n) is 12.9. The van der Waals surface area contributed by atoms with Crippen LogP contribution in [-0.4, -0.2) is 40.1 Å². The maximum atomic E-state index is 13.7. The van der Waals surface area contributed by atoms with Gasteiger partial charge in [0.25, 0.3) is 17.7 Å². The number of nitrogens with zero attached hydrogens (tertiary/aromatic N) is 3. The molecular weight excluding hydrogens is 499 g/mol. The van der Waals surface area contributed by atoms with E-state index in [0.717, 1.165) is 34.1 Å². The molecule has 1 saturated carbocycles. The maximum absolute atomic E-state index is 13.7. The Hall–Kier alpha value is -4.53. The number of imide groups is 1.